The number of aryl methyl sites for hydroxylation is 2. The molecule has 2 aromatic carbocycles. The van der Waals surface area contributed by atoms with E-state index in [0.717, 1.165) is 27.1 Å². The number of rotatable bonds is 5. The lowest BCUT2D eigenvalue weighted by Crippen LogP contribution is -2.42. The fraction of sp³-hybridized carbons (Fsp3) is 0.304. The third-order valence-corrected chi connectivity index (χ3v) is 5.67. The predicted octanol–water partition coefficient (Wildman–Crippen LogP) is 1.98. The first kappa shape index (κ1) is 20.6. The molecule has 160 valence electrons. The van der Waals surface area contributed by atoms with E-state index in [1.165, 1.54) is 9.47 Å². The Kier molecular flexibility index (Phi) is 5.46. The van der Waals surface area contributed by atoms with Crippen LogP contribution >= 0.6 is 0 Å². The summed E-state index contributed by atoms with van der Waals surface area (Å²) >= 11 is 0. The molecule has 8 heteroatoms. The molecule has 0 aliphatic carbocycles. The summed E-state index contributed by atoms with van der Waals surface area (Å²) in [4.78, 5) is 41.6. The van der Waals surface area contributed by atoms with E-state index in [2.05, 4.69) is 5.10 Å². The Morgan fingerprint density at radius 1 is 1.06 bits per heavy atom. The maximum atomic E-state index is 13.0. The van der Waals surface area contributed by atoms with Crippen molar-refractivity contribution in [3.8, 4) is 0 Å². The van der Waals surface area contributed by atoms with Gasteiger partial charge in [0.2, 0.25) is 11.7 Å². The van der Waals surface area contributed by atoms with Crippen LogP contribution in [0.4, 0.5) is 5.69 Å². The highest BCUT2D eigenvalue weighted by atomic mass is 16.2. The summed E-state index contributed by atoms with van der Waals surface area (Å²) in [6.45, 7) is 4.96. The maximum absolute atomic E-state index is 13.0. The summed E-state index contributed by atoms with van der Waals surface area (Å²) in [7, 11) is 1.66. The fourth-order valence-electron chi connectivity index (χ4n) is 3.73. The maximum Gasteiger partial charge on any atom is 0.346 e. The standard InChI is InChI=1S/C23H25N5O3/c1-16-7-6-10-19(13-16)25(3)20(29)15-28-23(31)27-12-11-26(22(30)21(27)24-28)14-18-9-5-4-8-17(18)2/h4-10,13H,11-12,14-15H2,1-3H3. The van der Waals surface area contributed by atoms with E-state index in [4.69, 9.17) is 0 Å². The molecule has 0 atom stereocenters. The Bertz CT molecular complexity index is 1210. The van der Waals surface area contributed by atoms with Gasteiger partial charge in [-0.2, -0.15) is 0 Å². The SMILES string of the molecule is Cc1cccc(N(C)C(=O)Cn2nc3n(c2=O)CCN(Cc2ccccc2C)C3=O)c1. The number of benzene rings is 2. The van der Waals surface area contributed by atoms with Crippen LogP contribution in [-0.2, 0) is 24.4 Å². The first-order valence-corrected chi connectivity index (χ1v) is 10.2. The van der Waals surface area contributed by atoms with Crippen LogP contribution in [0.3, 0.4) is 0 Å². The van der Waals surface area contributed by atoms with Gasteiger partial charge in [-0.15, -0.1) is 5.10 Å². The van der Waals surface area contributed by atoms with E-state index in [9.17, 15) is 14.4 Å². The summed E-state index contributed by atoms with van der Waals surface area (Å²) in [5.41, 5.74) is 3.49. The van der Waals surface area contributed by atoms with Crippen molar-refractivity contribution in [3.05, 3.63) is 81.5 Å². The Morgan fingerprint density at radius 2 is 1.84 bits per heavy atom. The first-order chi connectivity index (χ1) is 14.8. The van der Waals surface area contributed by atoms with Crippen LogP contribution < -0.4 is 10.6 Å². The lowest BCUT2D eigenvalue weighted by molar-refractivity contribution is -0.119. The number of amides is 2. The highest BCUT2D eigenvalue weighted by Crippen LogP contribution is 2.17. The zero-order valence-corrected chi connectivity index (χ0v) is 17.9. The van der Waals surface area contributed by atoms with Crippen molar-refractivity contribution in [1.29, 1.82) is 0 Å². The smallest absolute Gasteiger partial charge is 0.330 e. The van der Waals surface area contributed by atoms with E-state index in [0.29, 0.717) is 19.6 Å². The van der Waals surface area contributed by atoms with Crippen LogP contribution in [0.2, 0.25) is 0 Å². The van der Waals surface area contributed by atoms with Crippen LogP contribution in [0.1, 0.15) is 27.3 Å². The van der Waals surface area contributed by atoms with Crippen molar-refractivity contribution in [2.24, 2.45) is 0 Å². The Hall–Kier alpha value is -3.68. The highest BCUT2D eigenvalue weighted by molar-refractivity contribution is 5.93. The summed E-state index contributed by atoms with van der Waals surface area (Å²) < 4.78 is 2.44. The summed E-state index contributed by atoms with van der Waals surface area (Å²) in [6, 6.07) is 15.4. The van der Waals surface area contributed by atoms with Crippen molar-refractivity contribution >= 4 is 17.5 Å². The molecule has 1 aliphatic rings. The molecule has 2 amide bonds. The quantitative estimate of drug-likeness (QED) is 0.633. The van der Waals surface area contributed by atoms with Crippen LogP contribution in [0.5, 0.6) is 0 Å². The lowest BCUT2D eigenvalue weighted by atomic mass is 10.1. The molecule has 2 heterocycles. The van der Waals surface area contributed by atoms with Crippen molar-refractivity contribution in [2.45, 2.75) is 33.5 Å². The normalized spacial score (nSPS) is 13.3. The average molecular weight is 419 g/mol. The monoisotopic (exact) mass is 419 g/mol. The van der Waals surface area contributed by atoms with Gasteiger partial charge in [0.05, 0.1) is 0 Å². The molecule has 0 radical (unpaired) electrons. The highest BCUT2D eigenvalue weighted by Gasteiger charge is 2.30. The van der Waals surface area contributed by atoms with Gasteiger partial charge in [-0.25, -0.2) is 9.48 Å². The van der Waals surface area contributed by atoms with E-state index in [-0.39, 0.29) is 24.2 Å². The number of aromatic nitrogens is 3. The van der Waals surface area contributed by atoms with Gasteiger partial charge < -0.3 is 9.80 Å². The molecule has 0 bridgehead atoms. The molecule has 0 spiro atoms. The summed E-state index contributed by atoms with van der Waals surface area (Å²) in [5.74, 6) is -0.506. The molecule has 3 aromatic rings. The molecule has 0 N–H and O–H groups in total. The molecule has 31 heavy (non-hydrogen) atoms. The van der Waals surface area contributed by atoms with E-state index >= 15 is 0 Å². The van der Waals surface area contributed by atoms with Crippen molar-refractivity contribution in [2.75, 3.05) is 18.5 Å². The number of likely N-dealkylation sites (N-methyl/N-ethyl adjacent to an activating group) is 1. The second kappa shape index (κ2) is 8.22. The second-order valence-electron chi connectivity index (χ2n) is 7.86. The number of carbonyl (C=O) groups is 2. The minimum atomic E-state index is -0.440. The van der Waals surface area contributed by atoms with Crippen LogP contribution in [0.25, 0.3) is 0 Å². The van der Waals surface area contributed by atoms with Crippen molar-refractivity contribution in [1.82, 2.24) is 19.2 Å². The number of hydrogen-bond donors (Lipinski definition) is 0. The zero-order valence-electron chi connectivity index (χ0n) is 17.9. The van der Waals surface area contributed by atoms with Gasteiger partial charge in [0, 0.05) is 32.4 Å². The number of nitrogens with zero attached hydrogens (tertiary/aromatic N) is 5. The van der Waals surface area contributed by atoms with Gasteiger partial charge in [0.15, 0.2) is 0 Å². The number of anilines is 1. The molecule has 1 aliphatic heterocycles. The van der Waals surface area contributed by atoms with Gasteiger partial charge in [0.25, 0.3) is 5.91 Å². The molecule has 1 aromatic heterocycles. The molecule has 4 rings (SSSR count). The molecule has 0 saturated carbocycles. The number of hydrogen-bond acceptors (Lipinski definition) is 4. The predicted molar refractivity (Wildman–Crippen MR) is 117 cm³/mol. The van der Waals surface area contributed by atoms with Crippen LogP contribution in [0.15, 0.2) is 53.3 Å². The first-order valence-electron chi connectivity index (χ1n) is 10.2. The Balaban J connectivity index is 1.53. The van der Waals surface area contributed by atoms with Crippen LogP contribution in [0, 0.1) is 13.8 Å². The average Bonchev–Trinajstić information content (AvgIpc) is 3.07. The molecule has 8 nitrogen and oxygen atoms in total. The number of fused-ring (bicyclic) bond motifs is 1. The largest absolute Gasteiger partial charge is 0.346 e. The Morgan fingerprint density at radius 3 is 2.58 bits per heavy atom. The molecular weight excluding hydrogens is 394 g/mol. The van der Waals surface area contributed by atoms with Crippen molar-refractivity contribution < 1.29 is 9.59 Å². The van der Waals surface area contributed by atoms with E-state index in [1.54, 1.807) is 11.9 Å². The molecule has 0 fully saturated rings. The third-order valence-electron chi connectivity index (χ3n) is 5.67. The lowest BCUT2D eigenvalue weighted by Gasteiger charge is -2.27. The van der Waals surface area contributed by atoms with Gasteiger partial charge >= 0.3 is 5.69 Å². The molecule has 0 saturated heterocycles. The topological polar surface area (TPSA) is 80.4 Å². The molecular formula is C23H25N5O3. The minimum absolute atomic E-state index is 0.0795. The van der Waals surface area contributed by atoms with Gasteiger partial charge in [-0.3, -0.25) is 14.2 Å². The van der Waals surface area contributed by atoms with E-state index in [1.807, 2.05) is 62.4 Å². The van der Waals surface area contributed by atoms with Crippen LogP contribution in [-0.4, -0.2) is 44.7 Å². The third kappa shape index (κ3) is 4.01. The minimum Gasteiger partial charge on any atom is -0.330 e. The summed E-state index contributed by atoms with van der Waals surface area (Å²) in [5, 5.41) is 4.21. The van der Waals surface area contributed by atoms with Gasteiger partial charge in [0.1, 0.15) is 6.54 Å². The zero-order chi connectivity index (χ0) is 22.1. The number of carbonyl (C=O) groups excluding carboxylic acids is 2. The van der Waals surface area contributed by atoms with Gasteiger partial charge in [-0.1, -0.05) is 36.4 Å². The molecule has 0 unspecified atom stereocenters. The van der Waals surface area contributed by atoms with E-state index < -0.39 is 5.69 Å². The second-order valence-corrected chi connectivity index (χ2v) is 7.86. The summed E-state index contributed by atoms with van der Waals surface area (Å²) in [6.07, 6.45) is 0. The van der Waals surface area contributed by atoms with Gasteiger partial charge in [-0.05, 0) is 42.7 Å². The van der Waals surface area contributed by atoms with Crippen molar-refractivity contribution in [3.63, 3.8) is 0 Å². The Labute approximate surface area is 180 Å². The fourth-order valence-corrected chi connectivity index (χ4v) is 3.73.